The van der Waals surface area contributed by atoms with Crippen LogP contribution in [-0.4, -0.2) is 35.7 Å². The molecule has 0 unspecified atom stereocenters. The molecule has 13 heavy (non-hydrogen) atoms. The monoisotopic (exact) mass is 186 g/mol. The maximum atomic E-state index is 11.1. The Morgan fingerprint density at radius 3 is 2.62 bits per heavy atom. The van der Waals surface area contributed by atoms with Crippen molar-refractivity contribution < 1.29 is 9.90 Å². The van der Waals surface area contributed by atoms with Crippen molar-refractivity contribution in [1.82, 2.24) is 10.6 Å². The van der Waals surface area contributed by atoms with Gasteiger partial charge in [0, 0.05) is 12.1 Å². The van der Waals surface area contributed by atoms with Crippen LogP contribution in [0.5, 0.6) is 0 Å². The van der Waals surface area contributed by atoms with Crippen LogP contribution < -0.4 is 10.6 Å². The fraction of sp³-hybridized carbons (Fsp3) is 0.889. The van der Waals surface area contributed by atoms with Crippen molar-refractivity contribution in [1.29, 1.82) is 0 Å². The highest BCUT2D eigenvalue weighted by Gasteiger charge is 2.26. The van der Waals surface area contributed by atoms with Crippen molar-refractivity contribution in [3.8, 4) is 0 Å². The lowest BCUT2D eigenvalue weighted by atomic mass is 9.89. The molecule has 4 heteroatoms. The van der Waals surface area contributed by atoms with E-state index in [1.165, 1.54) is 0 Å². The van der Waals surface area contributed by atoms with E-state index in [4.69, 9.17) is 5.11 Å². The third kappa shape index (κ3) is 3.74. The molecule has 1 aliphatic carbocycles. The lowest BCUT2D eigenvalue weighted by Gasteiger charge is -2.32. The summed E-state index contributed by atoms with van der Waals surface area (Å²) in [6.45, 7) is 4.23. The first-order valence-corrected chi connectivity index (χ1v) is 4.78. The second kappa shape index (κ2) is 4.58. The largest absolute Gasteiger partial charge is 0.393 e. The van der Waals surface area contributed by atoms with E-state index in [1.54, 1.807) is 0 Å². The van der Waals surface area contributed by atoms with Crippen molar-refractivity contribution in [3.63, 3.8) is 0 Å². The molecule has 0 aromatic rings. The van der Waals surface area contributed by atoms with Gasteiger partial charge in [-0.15, -0.1) is 0 Å². The van der Waals surface area contributed by atoms with Gasteiger partial charge in [0.1, 0.15) is 0 Å². The topological polar surface area (TPSA) is 61.4 Å². The zero-order valence-corrected chi connectivity index (χ0v) is 8.21. The summed E-state index contributed by atoms with van der Waals surface area (Å²) in [6, 6.07) is 0.522. The predicted octanol–water partition coefficient (Wildman–Crippen LogP) is -0.376. The van der Waals surface area contributed by atoms with Gasteiger partial charge in [0.2, 0.25) is 5.91 Å². The molecule has 0 saturated heterocycles. The minimum absolute atomic E-state index is 0.0244. The van der Waals surface area contributed by atoms with E-state index < -0.39 is 0 Å². The first-order valence-electron chi connectivity index (χ1n) is 4.78. The van der Waals surface area contributed by atoms with Crippen molar-refractivity contribution >= 4 is 5.91 Å². The Morgan fingerprint density at radius 1 is 1.54 bits per heavy atom. The average Bonchev–Trinajstić information content (AvgIpc) is 1.94. The first kappa shape index (κ1) is 10.5. The molecule has 1 saturated carbocycles. The minimum atomic E-state index is -0.161. The molecule has 1 aliphatic rings. The van der Waals surface area contributed by atoms with E-state index in [0.717, 1.165) is 12.8 Å². The van der Waals surface area contributed by atoms with Gasteiger partial charge in [0.05, 0.1) is 12.6 Å². The predicted molar refractivity (Wildman–Crippen MR) is 50.3 cm³/mol. The Balaban J connectivity index is 2.02. The summed E-state index contributed by atoms with van der Waals surface area (Å²) < 4.78 is 0. The van der Waals surface area contributed by atoms with Gasteiger partial charge in [-0.25, -0.2) is 0 Å². The first-order chi connectivity index (χ1) is 6.08. The van der Waals surface area contributed by atoms with Crippen LogP contribution in [0.25, 0.3) is 0 Å². The molecular formula is C9H18N2O2. The minimum Gasteiger partial charge on any atom is -0.393 e. The van der Waals surface area contributed by atoms with Crippen molar-refractivity contribution in [2.24, 2.45) is 0 Å². The summed E-state index contributed by atoms with van der Waals surface area (Å²) in [5, 5.41) is 14.9. The summed E-state index contributed by atoms with van der Waals surface area (Å²) in [4.78, 5) is 11.1. The fourth-order valence-electron chi connectivity index (χ4n) is 1.36. The second-order valence-corrected chi connectivity index (χ2v) is 3.93. The quantitative estimate of drug-likeness (QED) is 0.561. The van der Waals surface area contributed by atoms with Crippen LogP contribution in [-0.2, 0) is 4.79 Å². The molecule has 0 aromatic heterocycles. The van der Waals surface area contributed by atoms with Gasteiger partial charge >= 0.3 is 0 Å². The molecule has 0 aromatic carbocycles. The van der Waals surface area contributed by atoms with Crippen molar-refractivity contribution in [3.05, 3.63) is 0 Å². The average molecular weight is 186 g/mol. The number of amides is 1. The smallest absolute Gasteiger partial charge is 0.234 e. The highest BCUT2D eigenvalue weighted by molar-refractivity contribution is 5.78. The Labute approximate surface area is 78.7 Å². The maximum absolute atomic E-state index is 11.1. The number of hydrogen-bond acceptors (Lipinski definition) is 3. The SMILES string of the molecule is CC(C)NC(=O)CNC1CC(O)C1. The molecule has 0 radical (unpaired) electrons. The van der Waals surface area contributed by atoms with E-state index >= 15 is 0 Å². The molecule has 76 valence electrons. The van der Waals surface area contributed by atoms with Gasteiger partial charge in [-0.1, -0.05) is 0 Å². The van der Waals surface area contributed by atoms with Crippen LogP contribution in [0.15, 0.2) is 0 Å². The number of hydrogen-bond donors (Lipinski definition) is 3. The van der Waals surface area contributed by atoms with Gasteiger partial charge in [0.25, 0.3) is 0 Å². The second-order valence-electron chi connectivity index (χ2n) is 3.93. The summed E-state index contributed by atoms with van der Waals surface area (Å²) >= 11 is 0. The number of aliphatic hydroxyl groups excluding tert-OH is 1. The summed E-state index contributed by atoms with van der Waals surface area (Å²) in [5.41, 5.74) is 0. The lowest BCUT2D eigenvalue weighted by molar-refractivity contribution is -0.121. The highest BCUT2D eigenvalue weighted by atomic mass is 16.3. The van der Waals surface area contributed by atoms with Gasteiger partial charge in [-0.3, -0.25) is 4.79 Å². The van der Waals surface area contributed by atoms with Gasteiger partial charge in [-0.05, 0) is 26.7 Å². The normalized spacial score (nSPS) is 27.1. The highest BCUT2D eigenvalue weighted by Crippen LogP contribution is 2.18. The zero-order valence-electron chi connectivity index (χ0n) is 8.21. The lowest BCUT2D eigenvalue weighted by Crippen LogP contribution is -2.48. The number of rotatable bonds is 4. The number of aliphatic hydroxyl groups is 1. The van der Waals surface area contributed by atoms with Gasteiger partial charge in [0.15, 0.2) is 0 Å². The summed E-state index contributed by atoms with van der Waals surface area (Å²) in [5.74, 6) is 0.0244. The van der Waals surface area contributed by atoms with E-state index in [0.29, 0.717) is 12.6 Å². The third-order valence-corrected chi connectivity index (χ3v) is 2.11. The van der Waals surface area contributed by atoms with Crippen LogP contribution in [0.4, 0.5) is 0 Å². The third-order valence-electron chi connectivity index (χ3n) is 2.11. The number of carbonyl (C=O) groups is 1. The van der Waals surface area contributed by atoms with E-state index in [-0.39, 0.29) is 18.1 Å². The molecule has 0 bridgehead atoms. The maximum Gasteiger partial charge on any atom is 0.234 e. The van der Waals surface area contributed by atoms with E-state index in [9.17, 15) is 4.79 Å². The summed E-state index contributed by atoms with van der Waals surface area (Å²) in [7, 11) is 0. The number of carbonyl (C=O) groups excluding carboxylic acids is 1. The Bertz CT molecular complexity index is 176. The summed E-state index contributed by atoms with van der Waals surface area (Å²) in [6.07, 6.45) is 1.38. The van der Waals surface area contributed by atoms with Crippen LogP contribution in [0.1, 0.15) is 26.7 Å². The molecule has 1 rings (SSSR count). The molecule has 0 aliphatic heterocycles. The molecule has 0 heterocycles. The van der Waals surface area contributed by atoms with Crippen LogP contribution in [0.2, 0.25) is 0 Å². The van der Waals surface area contributed by atoms with E-state index in [2.05, 4.69) is 10.6 Å². The standard InChI is InChI=1S/C9H18N2O2/c1-6(2)11-9(13)5-10-7-3-8(12)4-7/h6-8,10,12H,3-5H2,1-2H3,(H,11,13). The molecular weight excluding hydrogens is 168 g/mol. The molecule has 1 amide bonds. The zero-order chi connectivity index (χ0) is 9.84. The van der Waals surface area contributed by atoms with Crippen molar-refractivity contribution in [2.75, 3.05) is 6.54 Å². The molecule has 3 N–H and O–H groups in total. The van der Waals surface area contributed by atoms with Crippen LogP contribution in [0.3, 0.4) is 0 Å². The Hall–Kier alpha value is -0.610. The fourth-order valence-corrected chi connectivity index (χ4v) is 1.36. The van der Waals surface area contributed by atoms with Crippen LogP contribution >= 0.6 is 0 Å². The van der Waals surface area contributed by atoms with Crippen LogP contribution in [0, 0.1) is 0 Å². The van der Waals surface area contributed by atoms with E-state index in [1.807, 2.05) is 13.8 Å². The molecule has 4 nitrogen and oxygen atoms in total. The van der Waals surface area contributed by atoms with Gasteiger partial charge in [-0.2, -0.15) is 0 Å². The molecule has 1 fully saturated rings. The Kier molecular flexibility index (Phi) is 3.69. The number of nitrogens with one attached hydrogen (secondary N) is 2. The van der Waals surface area contributed by atoms with Crippen molar-refractivity contribution in [2.45, 2.75) is 44.9 Å². The molecule has 0 atom stereocenters. The molecule has 0 spiro atoms. The Morgan fingerprint density at radius 2 is 2.15 bits per heavy atom. The van der Waals surface area contributed by atoms with Gasteiger partial charge < -0.3 is 15.7 Å².